The molecular weight excluding hydrogens is 598 g/mol. The molecule has 0 aliphatic heterocycles. The predicted molar refractivity (Wildman–Crippen MR) is 142 cm³/mol. The molecule has 2 unspecified atom stereocenters. The standard InChI is InChI=1S/C26H25Cl2F5N4O4/c1-2-17(4-3-5-22(39)40)36-24(26(31,32)33)18(9-34)25(41)37(12-14-6-15(29)8-16(30)7-14)13-21(38)23-19(27)10-35-11-20(23)28/h6-11,17-18,34H,2-5,12-13H2,1H3,(H,39,40). The van der Waals surface area contributed by atoms with Crippen molar-refractivity contribution in [1.29, 1.82) is 5.41 Å². The Labute approximate surface area is 241 Å². The van der Waals surface area contributed by atoms with E-state index in [-0.39, 0.29) is 53.1 Å². The van der Waals surface area contributed by atoms with Crippen molar-refractivity contribution in [2.24, 2.45) is 10.9 Å². The third-order valence-corrected chi connectivity index (χ3v) is 6.39. The van der Waals surface area contributed by atoms with E-state index in [1.807, 2.05) is 0 Å². The van der Waals surface area contributed by atoms with Gasteiger partial charge in [-0.3, -0.25) is 24.4 Å². The zero-order valence-corrected chi connectivity index (χ0v) is 23.0. The number of carbonyl (C=O) groups is 3. The Balaban J connectivity index is 2.55. The molecular formula is C26H25Cl2F5N4O4. The number of hydrogen-bond donors (Lipinski definition) is 2. The summed E-state index contributed by atoms with van der Waals surface area (Å²) in [4.78, 5) is 45.4. The number of pyridine rings is 1. The van der Waals surface area contributed by atoms with Crippen LogP contribution in [0.25, 0.3) is 0 Å². The van der Waals surface area contributed by atoms with Crippen LogP contribution in [0.5, 0.6) is 0 Å². The summed E-state index contributed by atoms with van der Waals surface area (Å²) >= 11 is 12.0. The van der Waals surface area contributed by atoms with Gasteiger partial charge in [0, 0.05) is 37.6 Å². The van der Waals surface area contributed by atoms with E-state index in [0.29, 0.717) is 11.0 Å². The van der Waals surface area contributed by atoms with Crippen LogP contribution in [0.4, 0.5) is 22.0 Å². The van der Waals surface area contributed by atoms with Crippen molar-refractivity contribution in [3.05, 3.63) is 63.4 Å². The van der Waals surface area contributed by atoms with E-state index in [1.54, 1.807) is 0 Å². The zero-order valence-electron chi connectivity index (χ0n) is 21.5. The SMILES string of the molecule is CCC(CCCC(=O)O)N=C(C(C=N)C(=O)N(CC(=O)c1c(Cl)cncc1Cl)Cc1cc(F)cc(F)c1)C(F)(F)F. The Morgan fingerprint density at radius 3 is 2.20 bits per heavy atom. The largest absolute Gasteiger partial charge is 0.481 e. The molecule has 0 saturated carbocycles. The van der Waals surface area contributed by atoms with Gasteiger partial charge in [-0.2, -0.15) is 13.2 Å². The Morgan fingerprint density at radius 2 is 1.71 bits per heavy atom. The van der Waals surface area contributed by atoms with Gasteiger partial charge in [-0.1, -0.05) is 30.1 Å². The van der Waals surface area contributed by atoms with E-state index in [4.69, 9.17) is 33.7 Å². The first-order chi connectivity index (χ1) is 19.2. The number of nitrogens with one attached hydrogen (secondary N) is 1. The molecule has 1 amide bonds. The fourth-order valence-corrected chi connectivity index (χ4v) is 4.48. The summed E-state index contributed by atoms with van der Waals surface area (Å²) in [6.45, 7) is -0.119. The summed E-state index contributed by atoms with van der Waals surface area (Å²) in [5.41, 5.74) is -2.11. The number of rotatable bonds is 14. The van der Waals surface area contributed by atoms with Crippen molar-refractivity contribution in [1.82, 2.24) is 9.88 Å². The van der Waals surface area contributed by atoms with Gasteiger partial charge in [0.2, 0.25) is 5.91 Å². The summed E-state index contributed by atoms with van der Waals surface area (Å²) < 4.78 is 70.3. The van der Waals surface area contributed by atoms with Gasteiger partial charge in [-0.15, -0.1) is 0 Å². The number of benzene rings is 1. The van der Waals surface area contributed by atoms with Gasteiger partial charge < -0.3 is 15.4 Å². The van der Waals surface area contributed by atoms with Crippen molar-refractivity contribution in [2.45, 2.75) is 51.4 Å². The minimum Gasteiger partial charge on any atom is -0.481 e. The molecule has 0 saturated heterocycles. The lowest BCUT2D eigenvalue weighted by molar-refractivity contribution is -0.137. The normalized spacial score (nSPS) is 13.4. The maximum Gasteiger partial charge on any atom is 0.430 e. The fraction of sp³-hybridized carbons (Fsp3) is 0.385. The van der Waals surface area contributed by atoms with E-state index in [1.165, 1.54) is 6.92 Å². The highest BCUT2D eigenvalue weighted by molar-refractivity contribution is 6.39. The third kappa shape index (κ3) is 9.85. The van der Waals surface area contributed by atoms with E-state index >= 15 is 0 Å². The Hall–Kier alpha value is -3.45. The minimum absolute atomic E-state index is 0.0187. The molecule has 0 radical (unpaired) electrons. The van der Waals surface area contributed by atoms with Crippen molar-refractivity contribution in [3.63, 3.8) is 0 Å². The van der Waals surface area contributed by atoms with Crippen molar-refractivity contribution in [2.75, 3.05) is 6.54 Å². The highest BCUT2D eigenvalue weighted by Crippen LogP contribution is 2.28. The van der Waals surface area contributed by atoms with Crippen LogP contribution < -0.4 is 0 Å². The molecule has 1 heterocycles. The van der Waals surface area contributed by atoms with Gasteiger partial charge >= 0.3 is 12.1 Å². The number of carbonyl (C=O) groups excluding carboxylic acids is 2. The first-order valence-electron chi connectivity index (χ1n) is 12.1. The van der Waals surface area contributed by atoms with Crippen LogP contribution in [0.1, 0.15) is 48.5 Å². The van der Waals surface area contributed by atoms with Gasteiger partial charge in [-0.25, -0.2) is 8.78 Å². The van der Waals surface area contributed by atoms with Crippen molar-refractivity contribution >= 4 is 52.8 Å². The first-order valence-corrected chi connectivity index (χ1v) is 12.9. The molecule has 2 rings (SSSR count). The molecule has 2 aromatic rings. The summed E-state index contributed by atoms with van der Waals surface area (Å²) in [7, 11) is 0. The van der Waals surface area contributed by atoms with Gasteiger partial charge in [-0.05, 0) is 37.0 Å². The number of alkyl halides is 3. The number of aromatic nitrogens is 1. The Bertz CT molecular complexity index is 1280. The number of amides is 1. The van der Waals surface area contributed by atoms with Crippen LogP contribution in [0.15, 0.2) is 35.6 Å². The van der Waals surface area contributed by atoms with Crippen LogP contribution in [-0.2, 0) is 16.1 Å². The van der Waals surface area contributed by atoms with Crippen LogP contribution >= 0.6 is 23.2 Å². The van der Waals surface area contributed by atoms with Gasteiger partial charge in [0.1, 0.15) is 23.3 Å². The molecule has 0 aliphatic rings. The average Bonchev–Trinajstić information content (AvgIpc) is 2.85. The third-order valence-electron chi connectivity index (χ3n) is 5.81. The van der Waals surface area contributed by atoms with Gasteiger partial charge in [0.25, 0.3) is 0 Å². The number of halogens is 7. The zero-order chi connectivity index (χ0) is 30.9. The van der Waals surface area contributed by atoms with E-state index in [2.05, 4.69) is 9.98 Å². The highest BCUT2D eigenvalue weighted by Gasteiger charge is 2.45. The molecule has 2 N–H and O–H groups in total. The summed E-state index contributed by atoms with van der Waals surface area (Å²) in [6, 6.07) is 1.17. The van der Waals surface area contributed by atoms with E-state index in [0.717, 1.165) is 24.5 Å². The van der Waals surface area contributed by atoms with Crippen molar-refractivity contribution < 1.29 is 41.4 Å². The van der Waals surface area contributed by atoms with Crippen molar-refractivity contribution in [3.8, 4) is 0 Å². The smallest absolute Gasteiger partial charge is 0.430 e. The molecule has 0 aliphatic carbocycles. The van der Waals surface area contributed by atoms with Crippen LogP contribution in [0.2, 0.25) is 10.0 Å². The molecule has 0 bridgehead atoms. The number of carboxylic acids is 1. The number of carboxylic acid groups (broad SMARTS) is 1. The highest BCUT2D eigenvalue weighted by atomic mass is 35.5. The molecule has 222 valence electrons. The number of hydrogen-bond acceptors (Lipinski definition) is 6. The number of aliphatic imine (C=N–C) groups is 1. The number of aliphatic carboxylic acids is 1. The Kier molecular flexibility index (Phi) is 12.3. The molecule has 2 atom stereocenters. The average molecular weight is 623 g/mol. The maximum absolute atomic E-state index is 14.2. The second-order valence-corrected chi connectivity index (χ2v) is 9.69. The van der Waals surface area contributed by atoms with Gasteiger partial charge in [0.15, 0.2) is 5.78 Å². The van der Waals surface area contributed by atoms with Crippen LogP contribution in [0, 0.1) is 23.0 Å². The lowest BCUT2D eigenvalue weighted by Crippen LogP contribution is -2.46. The molecule has 1 aromatic heterocycles. The Morgan fingerprint density at radius 1 is 1.12 bits per heavy atom. The summed E-state index contributed by atoms with van der Waals surface area (Å²) in [5, 5.41) is 16.1. The first kappa shape index (κ1) is 33.8. The quantitative estimate of drug-likeness (QED) is 0.148. The lowest BCUT2D eigenvalue weighted by atomic mass is 9.99. The monoisotopic (exact) mass is 622 g/mol. The van der Waals surface area contributed by atoms with Crippen LogP contribution in [-0.4, -0.2) is 63.3 Å². The van der Waals surface area contributed by atoms with Gasteiger partial charge in [0.05, 0.1) is 28.2 Å². The number of Topliss-reactive ketones (excluding diaryl/α,β-unsaturated/α-hetero) is 1. The molecule has 8 nitrogen and oxygen atoms in total. The topological polar surface area (TPSA) is 124 Å². The predicted octanol–water partition coefficient (Wildman–Crippen LogP) is 6.18. The lowest BCUT2D eigenvalue weighted by Gasteiger charge is -2.28. The second-order valence-electron chi connectivity index (χ2n) is 8.88. The summed E-state index contributed by atoms with van der Waals surface area (Å²) in [6.07, 6.45) is -3.08. The maximum atomic E-state index is 14.2. The summed E-state index contributed by atoms with van der Waals surface area (Å²) in [5.74, 6) is -7.87. The molecule has 1 aromatic carbocycles. The van der Waals surface area contributed by atoms with Crippen LogP contribution in [0.3, 0.4) is 0 Å². The molecule has 0 spiro atoms. The fourth-order valence-electron chi connectivity index (χ4n) is 3.90. The molecule has 15 heteroatoms. The minimum atomic E-state index is -5.20. The second kappa shape index (κ2) is 15.0. The van der Waals surface area contributed by atoms with E-state index in [9.17, 15) is 36.3 Å². The van der Waals surface area contributed by atoms with E-state index < -0.39 is 66.2 Å². The molecule has 41 heavy (non-hydrogen) atoms. The molecule has 0 fully saturated rings. The number of nitrogens with zero attached hydrogens (tertiary/aromatic N) is 3. The number of ketones is 1.